The van der Waals surface area contributed by atoms with Crippen LogP contribution < -0.4 is 21.7 Å². The number of rotatable bonds is 10. The highest BCUT2D eigenvalue weighted by Crippen LogP contribution is 2.02. The van der Waals surface area contributed by atoms with Gasteiger partial charge in [0.25, 0.3) is 0 Å². The predicted molar refractivity (Wildman–Crippen MR) is 84.7 cm³/mol. The Balaban J connectivity index is 4.45. The second-order valence-corrected chi connectivity index (χ2v) is 5.85. The van der Waals surface area contributed by atoms with E-state index in [1.54, 1.807) is 0 Å². The van der Waals surface area contributed by atoms with Gasteiger partial charge in [-0.3, -0.25) is 19.2 Å². The third-order valence-corrected chi connectivity index (χ3v) is 2.98. The summed E-state index contributed by atoms with van der Waals surface area (Å²) in [7, 11) is 0. The van der Waals surface area contributed by atoms with Gasteiger partial charge < -0.3 is 31.9 Å². The number of nitrogens with two attached hydrogens (primary N) is 1. The van der Waals surface area contributed by atoms with Crippen LogP contribution in [0.2, 0.25) is 0 Å². The molecule has 3 atom stereocenters. The van der Waals surface area contributed by atoms with Gasteiger partial charge >= 0.3 is 5.97 Å². The lowest BCUT2D eigenvalue weighted by molar-refractivity contribution is -0.139. The topological polar surface area (TPSA) is 171 Å². The van der Waals surface area contributed by atoms with E-state index in [2.05, 4.69) is 16.0 Å². The number of aliphatic carboxylic acids is 1. The lowest BCUT2D eigenvalue weighted by atomic mass is 10.0. The molecule has 0 aromatic heterocycles. The molecule has 0 saturated carbocycles. The van der Waals surface area contributed by atoms with Crippen molar-refractivity contribution in [2.24, 2.45) is 11.7 Å². The maximum atomic E-state index is 11.8. The number of amides is 3. The number of carboxylic acids is 1. The van der Waals surface area contributed by atoms with Crippen LogP contribution in [-0.2, 0) is 19.2 Å². The molecule has 0 bridgehead atoms. The van der Waals surface area contributed by atoms with Gasteiger partial charge in [0.15, 0.2) is 0 Å². The summed E-state index contributed by atoms with van der Waals surface area (Å²) in [6.45, 7) is 4.02. The Hall–Kier alpha value is -2.20. The van der Waals surface area contributed by atoms with Crippen molar-refractivity contribution in [3.05, 3.63) is 0 Å². The van der Waals surface area contributed by atoms with Gasteiger partial charge in [-0.05, 0) is 19.3 Å². The summed E-state index contributed by atoms with van der Waals surface area (Å²) in [5.74, 6) is -3.09. The number of carbonyl (C=O) groups excluding carboxylic acids is 3. The normalized spacial score (nSPS) is 14.4. The van der Waals surface area contributed by atoms with Crippen LogP contribution in [0.4, 0.5) is 0 Å². The maximum absolute atomic E-state index is 11.8. The zero-order valence-electron chi connectivity index (χ0n) is 14.0. The molecule has 0 aliphatic carbocycles. The monoisotopic (exact) mass is 346 g/mol. The van der Waals surface area contributed by atoms with Crippen LogP contribution >= 0.6 is 0 Å². The maximum Gasteiger partial charge on any atom is 0.322 e. The molecule has 10 heteroatoms. The Morgan fingerprint density at radius 2 is 1.54 bits per heavy atom. The van der Waals surface area contributed by atoms with E-state index in [1.165, 1.54) is 6.92 Å². The third kappa shape index (κ3) is 9.06. The van der Waals surface area contributed by atoms with E-state index in [0.29, 0.717) is 6.42 Å². The van der Waals surface area contributed by atoms with E-state index in [-0.39, 0.29) is 5.92 Å². The molecule has 0 radical (unpaired) electrons. The molecular formula is C14H26N4O6. The van der Waals surface area contributed by atoms with Crippen LogP contribution in [0.5, 0.6) is 0 Å². The molecule has 0 aromatic rings. The van der Waals surface area contributed by atoms with Crippen molar-refractivity contribution < 1.29 is 29.4 Å². The Morgan fingerprint density at radius 3 is 2.00 bits per heavy atom. The molecule has 0 fully saturated rings. The summed E-state index contributed by atoms with van der Waals surface area (Å²) in [6, 6.07) is -2.08. The molecule has 0 aromatic carbocycles. The molecule has 3 amide bonds. The van der Waals surface area contributed by atoms with Crippen LogP contribution in [0.25, 0.3) is 0 Å². The summed E-state index contributed by atoms with van der Waals surface area (Å²) in [4.78, 5) is 45.6. The van der Waals surface area contributed by atoms with E-state index in [9.17, 15) is 24.3 Å². The van der Waals surface area contributed by atoms with Crippen LogP contribution in [-0.4, -0.2) is 65.2 Å². The standard InChI is InChI=1S/C14H26N4O6/c1-7(2)4-9(15)13(23)16-5-10(20)18-12(8(3)19)14(24)17-6-11(21)22/h7-9,12,19H,4-6,15H2,1-3H3,(H,16,23)(H,17,24)(H,18,20)(H,21,22). The lowest BCUT2D eigenvalue weighted by Crippen LogP contribution is -2.55. The summed E-state index contributed by atoms with van der Waals surface area (Å²) >= 11 is 0. The van der Waals surface area contributed by atoms with E-state index in [1.807, 2.05) is 13.8 Å². The van der Waals surface area contributed by atoms with Crippen molar-refractivity contribution in [2.45, 2.75) is 45.4 Å². The fraction of sp³-hybridized carbons (Fsp3) is 0.714. The second-order valence-electron chi connectivity index (χ2n) is 5.85. The summed E-state index contributed by atoms with van der Waals surface area (Å²) in [6.07, 6.45) is -0.789. The second kappa shape index (κ2) is 10.6. The van der Waals surface area contributed by atoms with Crippen LogP contribution in [0, 0.1) is 5.92 Å². The zero-order chi connectivity index (χ0) is 18.9. The minimum absolute atomic E-state index is 0.220. The highest BCUT2D eigenvalue weighted by Gasteiger charge is 2.26. The van der Waals surface area contributed by atoms with Crippen LogP contribution in [0.15, 0.2) is 0 Å². The van der Waals surface area contributed by atoms with E-state index in [4.69, 9.17) is 10.8 Å². The van der Waals surface area contributed by atoms with Gasteiger partial charge in [0, 0.05) is 0 Å². The largest absolute Gasteiger partial charge is 0.480 e. The smallest absolute Gasteiger partial charge is 0.322 e. The van der Waals surface area contributed by atoms with Gasteiger partial charge in [-0.1, -0.05) is 13.8 Å². The average molecular weight is 346 g/mol. The molecule has 7 N–H and O–H groups in total. The Labute approximate surface area is 140 Å². The molecule has 0 saturated heterocycles. The molecule has 0 rings (SSSR count). The zero-order valence-corrected chi connectivity index (χ0v) is 14.0. The van der Waals surface area contributed by atoms with Gasteiger partial charge in [0.1, 0.15) is 12.6 Å². The van der Waals surface area contributed by atoms with Crippen LogP contribution in [0.3, 0.4) is 0 Å². The quantitative estimate of drug-likeness (QED) is 0.255. The van der Waals surface area contributed by atoms with Gasteiger partial charge in [0.05, 0.1) is 18.7 Å². The Bertz CT molecular complexity index is 466. The van der Waals surface area contributed by atoms with Crippen molar-refractivity contribution in [3.8, 4) is 0 Å². The van der Waals surface area contributed by atoms with Crippen molar-refractivity contribution in [1.82, 2.24) is 16.0 Å². The van der Waals surface area contributed by atoms with Gasteiger partial charge in [0.2, 0.25) is 17.7 Å². The van der Waals surface area contributed by atoms with E-state index >= 15 is 0 Å². The summed E-state index contributed by atoms with van der Waals surface area (Å²) in [5, 5.41) is 24.6. The Kier molecular flexibility index (Phi) is 9.58. The first-order valence-electron chi connectivity index (χ1n) is 7.54. The summed E-state index contributed by atoms with van der Waals surface area (Å²) < 4.78 is 0. The average Bonchev–Trinajstić information content (AvgIpc) is 2.46. The number of carbonyl (C=O) groups is 4. The third-order valence-electron chi connectivity index (χ3n) is 2.98. The van der Waals surface area contributed by atoms with Gasteiger partial charge in [-0.25, -0.2) is 0 Å². The first-order valence-corrected chi connectivity index (χ1v) is 7.54. The highest BCUT2D eigenvalue weighted by atomic mass is 16.4. The molecule has 3 unspecified atom stereocenters. The molecule has 10 nitrogen and oxygen atoms in total. The Morgan fingerprint density at radius 1 is 1.00 bits per heavy atom. The predicted octanol–water partition coefficient (Wildman–Crippen LogP) is -2.46. The van der Waals surface area contributed by atoms with E-state index < -0.39 is 55.0 Å². The molecule has 0 aliphatic heterocycles. The number of aliphatic hydroxyl groups excluding tert-OH is 1. The number of nitrogens with one attached hydrogen (secondary N) is 3. The summed E-state index contributed by atoms with van der Waals surface area (Å²) in [5.41, 5.74) is 5.67. The molecule has 24 heavy (non-hydrogen) atoms. The SMILES string of the molecule is CC(C)CC(N)C(=O)NCC(=O)NC(C(=O)NCC(=O)O)C(C)O. The lowest BCUT2D eigenvalue weighted by Gasteiger charge is -2.21. The van der Waals surface area contributed by atoms with Crippen molar-refractivity contribution in [2.75, 3.05) is 13.1 Å². The van der Waals surface area contributed by atoms with Gasteiger partial charge in [-0.2, -0.15) is 0 Å². The first kappa shape index (κ1) is 21.8. The fourth-order valence-electron chi connectivity index (χ4n) is 1.82. The highest BCUT2D eigenvalue weighted by molar-refractivity contribution is 5.92. The first-order chi connectivity index (χ1) is 11.0. The molecule has 0 spiro atoms. The van der Waals surface area contributed by atoms with Crippen LogP contribution in [0.1, 0.15) is 27.2 Å². The minimum atomic E-state index is -1.34. The number of aliphatic hydroxyl groups is 1. The molecule has 0 heterocycles. The molecular weight excluding hydrogens is 320 g/mol. The van der Waals surface area contributed by atoms with Crippen molar-refractivity contribution in [3.63, 3.8) is 0 Å². The minimum Gasteiger partial charge on any atom is -0.480 e. The number of hydrogen-bond acceptors (Lipinski definition) is 6. The molecule has 138 valence electrons. The fourth-order valence-corrected chi connectivity index (χ4v) is 1.82. The van der Waals surface area contributed by atoms with Crippen molar-refractivity contribution in [1.29, 1.82) is 0 Å². The van der Waals surface area contributed by atoms with Gasteiger partial charge in [-0.15, -0.1) is 0 Å². The van der Waals surface area contributed by atoms with E-state index in [0.717, 1.165) is 0 Å². The number of carboxylic acid groups (broad SMARTS) is 1. The number of hydrogen-bond donors (Lipinski definition) is 6. The van der Waals surface area contributed by atoms with Crippen molar-refractivity contribution >= 4 is 23.7 Å². The molecule has 0 aliphatic rings.